The molecule has 3 heterocycles. The number of nitrogens with one attached hydrogen (secondary N) is 2. The lowest BCUT2D eigenvalue weighted by molar-refractivity contribution is -0.384. The first-order chi connectivity index (χ1) is 14.0. The van der Waals surface area contributed by atoms with Crippen molar-refractivity contribution >= 4 is 33.3 Å². The number of nitro benzene ring substituents is 1. The van der Waals surface area contributed by atoms with Crippen molar-refractivity contribution in [3.05, 3.63) is 46.5 Å². The molecule has 0 spiro atoms. The molecular weight excluding hydrogens is 370 g/mol. The number of likely N-dealkylation sites (N-methyl/N-ethyl adjacent to an activating group) is 1. The van der Waals surface area contributed by atoms with Crippen LogP contribution in [0, 0.1) is 10.1 Å². The molecule has 0 radical (unpaired) electrons. The van der Waals surface area contributed by atoms with Gasteiger partial charge in [0.25, 0.3) is 5.69 Å². The molecule has 1 saturated heterocycles. The van der Waals surface area contributed by atoms with Crippen LogP contribution < -0.4 is 4.90 Å². The van der Waals surface area contributed by atoms with Crippen LogP contribution in [-0.2, 0) is 0 Å². The van der Waals surface area contributed by atoms with Crippen LogP contribution in [0.25, 0.3) is 33.5 Å². The minimum Gasteiger partial charge on any atom is -0.370 e. The van der Waals surface area contributed by atoms with Crippen LogP contribution in [0.3, 0.4) is 0 Å². The number of imidazole rings is 1. The second-order valence-electron chi connectivity index (χ2n) is 7.70. The summed E-state index contributed by atoms with van der Waals surface area (Å²) in [5.41, 5.74) is 4.29. The number of nitro groups is 1. The lowest BCUT2D eigenvalue weighted by Gasteiger charge is -2.21. The Bertz CT molecular complexity index is 1230. The van der Waals surface area contributed by atoms with Gasteiger partial charge < -0.3 is 14.8 Å². The first-order valence-electron chi connectivity index (χ1n) is 9.53. The van der Waals surface area contributed by atoms with E-state index in [2.05, 4.69) is 56.2 Å². The van der Waals surface area contributed by atoms with Crippen molar-refractivity contribution in [3.63, 3.8) is 0 Å². The van der Waals surface area contributed by atoms with Crippen LogP contribution in [0.2, 0.25) is 0 Å². The highest BCUT2D eigenvalue weighted by atomic mass is 16.6. The van der Waals surface area contributed by atoms with Crippen molar-refractivity contribution in [1.29, 1.82) is 0 Å². The number of fused-ring (bicyclic) bond motifs is 2. The van der Waals surface area contributed by atoms with Crippen LogP contribution in [0.4, 0.5) is 11.4 Å². The third kappa shape index (κ3) is 2.99. The highest BCUT2D eigenvalue weighted by molar-refractivity contribution is 5.94. The Morgan fingerprint density at radius 2 is 2.07 bits per heavy atom. The lowest BCUT2D eigenvalue weighted by atomic mass is 10.2. The summed E-state index contributed by atoms with van der Waals surface area (Å²) < 4.78 is 0. The molecule has 2 aromatic carbocycles. The highest BCUT2D eigenvalue weighted by Gasteiger charge is 2.24. The van der Waals surface area contributed by atoms with E-state index in [1.54, 1.807) is 6.07 Å². The van der Waals surface area contributed by atoms with Gasteiger partial charge >= 0.3 is 0 Å². The maximum atomic E-state index is 11.0. The summed E-state index contributed by atoms with van der Waals surface area (Å²) in [5.74, 6) is 0.643. The molecule has 9 nitrogen and oxygen atoms in total. The van der Waals surface area contributed by atoms with Gasteiger partial charge in [-0.1, -0.05) is 0 Å². The number of nitrogens with zero attached hydrogens (tertiary/aromatic N) is 5. The number of hydrogen-bond acceptors (Lipinski definition) is 6. The number of aromatic nitrogens is 4. The summed E-state index contributed by atoms with van der Waals surface area (Å²) >= 11 is 0. The molecule has 4 aromatic rings. The molecule has 1 unspecified atom stereocenters. The number of H-pyrrole nitrogens is 2. The fraction of sp³-hybridized carbons (Fsp3) is 0.300. The van der Waals surface area contributed by atoms with E-state index in [9.17, 15) is 10.1 Å². The lowest BCUT2D eigenvalue weighted by Crippen LogP contribution is -2.31. The summed E-state index contributed by atoms with van der Waals surface area (Å²) in [5, 5.41) is 19.0. The third-order valence-electron chi connectivity index (χ3n) is 5.71. The number of rotatable bonds is 4. The number of hydrogen-bond donors (Lipinski definition) is 2. The molecule has 1 aliphatic heterocycles. The highest BCUT2D eigenvalue weighted by Crippen LogP contribution is 2.30. The Hall–Kier alpha value is -3.46. The van der Waals surface area contributed by atoms with E-state index in [0.717, 1.165) is 35.9 Å². The van der Waals surface area contributed by atoms with Crippen LogP contribution in [0.1, 0.15) is 6.42 Å². The second-order valence-corrected chi connectivity index (χ2v) is 7.70. The van der Waals surface area contributed by atoms with Crippen molar-refractivity contribution in [2.24, 2.45) is 0 Å². The summed E-state index contributed by atoms with van der Waals surface area (Å²) in [6, 6.07) is 11.5. The Kier molecular flexibility index (Phi) is 3.99. The van der Waals surface area contributed by atoms with Crippen LogP contribution in [0.5, 0.6) is 0 Å². The van der Waals surface area contributed by atoms with Crippen molar-refractivity contribution in [3.8, 4) is 11.5 Å². The van der Waals surface area contributed by atoms with E-state index in [1.165, 1.54) is 17.8 Å². The topological polar surface area (TPSA) is 107 Å². The van der Waals surface area contributed by atoms with Gasteiger partial charge in [-0.25, -0.2) is 4.98 Å². The zero-order valence-corrected chi connectivity index (χ0v) is 16.2. The fourth-order valence-electron chi connectivity index (χ4n) is 4.01. The molecular formula is C20H21N7O2. The quantitative estimate of drug-likeness (QED) is 0.409. The van der Waals surface area contributed by atoms with E-state index >= 15 is 0 Å². The van der Waals surface area contributed by atoms with Crippen LogP contribution in [-0.4, -0.2) is 63.2 Å². The molecule has 2 N–H and O–H groups in total. The summed E-state index contributed by atoms with van der Waals surface area (Å²) in [6.45, 7) is 2.06. The smallest absolute Gasteiger partial charge is 0.271 e. The van der Waals surface area contributed by atoms with Crippen LogP contribution in [0.15, 0.2) is 36.4 Å². The number of aromatic amines is 2. The van der Waals surface area contributed by atoms with Gasteiger partial charge in [0.2, 0.25) is 0 Å². The zero-order valence-electron chi connectivity index (χ0n) is 16.2. The fourth-order valence-corrected chi connectivity index (χ4v) is 4.01. The first-order valence-corrected chi connectivity index (χ1v) is 9.53. The minimum absolute atomic E-state index is 0.0311. The number of benzene rings is 2. The Balaban J connectivity index is 1.49. The van der Waals surface area contributed by atoms with Crippen molar-refractivity contribution in [2.75, 3.05) is 32.1 Å². The summed E-state index contributed by atoms with van der Waals surface area (Å²) in [6.07, 6.45) is 1.16. The standard InChI is InChI=1S/C20H21N7O2/c1-25(2)14-7-8-26(11-14)12-4-6-16-18(9-12)22-20(21-16)19-15-5-3-13(27(28)29)10-17(15)23-24-19/h3-6,9-10,14H,7-8,11H2,1-2H3,(H,21,22)(H,23,24). The predicted molar refractivity (Wildman–Crippen MR) is 112 cm³/mol. The predicted octanol–water partition coefficient (Wildman–Crippen LogP) is 3.15. The Morgan fingerprint density at radius 3 is 2.83 bits per heavy atom. The molecule has 0 bridgehead atoms. The van der Waals surface area contributed by atoms with E-state index in [0.29, 0.717) is 23.1 Å². The normalized spacial score (nSPS) is 17.1. The van der Waals surface area contributed by atoms with Crippen molar-refractivity contribution in [1.82, 2.24) is 25.1 Å². The van der Waals surface area contributed by atoms with Gasteiger partial charge in [0, 0.05) is 42.3 Å². The van der Waals surface area contributed by atoms with Crippen molar-refractivity contribution < 1.29 is 4.92 Å². The van der Waals surface area contributed by atoms with Gasteiger partial charge in [0.15, 0.2) is 5.82 Å². The molecule has 2 aromatic heterocycles. The van der Waals surface area contributed by atoms with E-state index < -0.39 is 4.92 Å². The zero-order chi connectivity index (χ0) is 20.1. The van der Waals surface area contributed by atoms with Gasteiger partial charge in [-0.3, -0.25) is 15.2 Å². The molecule has 1 aliphatic rings. The molecule has 1 fully saturated rings. The Labute approximate surface area is 166 Å². The largest absolute Gasteiger partial charge is 0.370 e. The van der Waals surface area contributed by atoms with Crippen molar-refractivity contribution in [2.45, 2.75) is 12.5 Å². The maximum absolute atomic E-state index is 11.0. The number of anilines is 1. The molecule has 148 valence electrons. The average molecular weight is 391 g/mol. The first kappa shape index (κ1) is 17.6. The third-order valence-corrected chi connectivity index (χ3v) is 5.71. The summed E-state index contributed by atoms with van der Waals surface area (Å²) in [7, 11) is 4.25. The monoisotopic (exact) mass is 391 g/mol. The number of non-ortho nitro benzene ring substituents is 1. The van der Waals surface area contributed by atoms with Gasteiger partial charge in [-0.2, -0.15) is 5.10 Å². The van der Waals surface area contributed by atoms with E-state index in [4.69, 9.17) is 0 Å². The van der Waals surface area contributed by atoms with E-state index in [1.807, 2.05) is 6.07 Å². The minimum atomic E-state index is -0.415. The molecule has 9 heteroatoms. The van der Waals surface area contributed by atoms with Gasteiger partial charge in [-0.05, 0) is 44.8 Å². The maximum Gasteiger partial charge on any atom is 0.271 e. The van der Waals surface area contributed by atoms with E-state index in [-0.39, 0.29) is 5.69 Å². The van der Waals surface area contributed by atoms with Gasteiger partial charge in [0.1, 0.15) is 5.69 Å². The Morgan fingerprint density at radius 1 is 1.21 bits per heavy atom. The molecule has 0 aliphatic carbocycles. The second kappa shape index (κ2) is 6.56. The molecule has 5 rings (SSSR count). The molecule has 1 atom stereocenters. The van der Waals surface area contributed by atoms with Crippen LogP contribution >= 0.6 is 0 Å². The van der Waals surface area contributed by atoms with Gasteiger partial charge in [-0.15, -0.1) is 0 Å². The molecule has 29 heavy (non-hydrogen) atoms. The summed E-state index contributed by atoms with van der Waals surface area (Å²) in [4.78, 5) is 23.3. The molecule has 0 saturated carbocycles. The van der Waals surface area contributed by atoms with Gasteiger partial charge in [0.05, 0.1) is 21.5 Å². The SMILES string of the molecule is CN(C)C1CCN(c2ccc3nc(-c4n[nH]c5cc([N+](=O)[O-])ccc45)[nH]c3c2)C1. The molecule has 0 amide bonds. The average Bonchev–Trinajstić information content (AvgIpc) is 3.43.